The van der Waals surface area contributed by atoms with Crippen molar-refractivity contribution in [2.24, 2.45) is 5.41 Å². The predicted octanol–water partition coefficient (Wildman–Crippen LogP) is 7.64. The summed E-state index contributed by atoms with van der Waals surface area (Å²) in [5.74, 6) is -1.47. The lowest BCUT2D eigenvalue weighted by Gasteiger charge is -2.33. The van der Waals surface area contributed by atoms with Gasteiger partial charge in [0.2, 0.25) is 0 Å². The predicted molar refractivity (Wildman–Crippen MR) is 123 cm³/mol. The molecule has 0 aliphatic carbocycles. The Morgan fingerprint density at radius 3 is 1.83 bits per heavy atom. The van der Waals surface area contributed by atoms with Crippen molar-refractivity contribution in [3.63, 3.8) is 0 Å². The quantitative estimate of drug-likeness (QED) is 0.0883. The molecule has 0 N–H and O–H groups in total. The van der Waals surface area contributed by atoms with Gasteiger partial charge in [-0.25, -0.2) is 4.79 Å². The first-order valence-electron chi connectivity index (χ1n) is 12.0. The van der Waals surface area contributed by atoms with Crippen LogP contribution in [0.2, 0.25) is 24.2 Å². The zero-order valence-electron chi connectivity index (χ0n) is 20.6. The summed E-state index contributed by atoms with van der Waals surface area (Å²) in [6.07, 6.45) is 8.54. The van der Waals surface area contributed by atoms with Crippen LogP contribution in [0, 0.1) is 5.41 Å². The van der Waals surface area contributed by atoms with Gasteiger partial charge < -0.3 is 4.74 Å². The van der Waals surface area contributed by atoms with Gasteiger partial charge in [-0.1, -0.05) is 91.4 Å². The molecule has 1 aliphatic rings. The number of hydrogen-bond acceptors (Lipinski definition) is 4. The molecule has 0 atom stereocenters. The second-order valence-electron chi connectivity index (χ2n) is 11.0. The van der Waals surface area contributed by atoms with E-state index < -0.39 is 19.5 Å². The van der Waals surface area contributed by atoms with Gasteiger partial charge in [0.1, 0.15) is 5.60 Å². The van der Waals surface area contributed by atoms with E-state index in [9.17, 15) is 4.79 Å². The van der Waals surface area contributed by atoms with Gasteiger partial charge in [0.05, 0.1) is 8.07 Å². The van der Waals surface area contributed by atoms with Crippen LogP contribution in [-0.2, 0) is 19.3 Å². The Bertz CT molecular complexity index is 479. The Labute approximate surface area is 181 Å². The maximum absolute atomic E-state index is 12.7. The molecule has 4 nitrogen and oxygen atoms in total. The van der Waals surface area contributed by atoms with Gasteiger partial charge in [-0.3, -0.25) is 0 Å². The first-order chi connectivity index (χ1) is 13.4. The molecule has 1 heterocycles. The van der Waals surface area contributed by atoms with Gasteiger partial charge in [0.25, 0.3) is 0 Å². The zero-order chi connectivity index (χ0) is 22.2. The van der Waals surface area contributed by atoms with Crippen molar-refractivity contribution in [3.8, 4) is 0 Å². The highest BCUT2D eigenvalue weighted by Gasteiger charge is 2.58. The van der Waals surface area contributed by atoms with E-state index in [4.69, 9.17) is 14.5 Å². The largest absolute Gasteiger partial charge is 0.456 e. The monoisotopic (exact) mass is 428 g/mol. The smallest absolute Gasteiger partial charge is 0.373 e. The minimum atomic E-state index is -1.21. The molecule has 1 fully saturated rings. The number of hydrogen-bond donors (Lipinski definition) is 0. The van der Waals surface area contributed by atoms with Crippen molar-refractivity contribution >= 4 is 14.0 Å². The third kappa shape index (κ3) is 9.52. The van der Waals surface area contributed by atoms with Crippen LogP contribution >= 0.6 is 0 Å². The molecule has 1 saturated heterocycles. The summed E-state index contributed by atoms with van der Waals surface area (Å²) in [5.41, 5.74) is -0.0477. The topological polar surface area (TPSA) is 51.4 Å². The summed E-state index contributed by atoms with van der Waals surface area (Å²) in [5, 5.41) is 0. The number of rotatable bonds is 15. The maximum atomic E-state index is 12.7. The van der Waals surface area contributed by atoms with Crippen LogP contribution in [0.1, 0.15) is 107 Å². The molecular formula is C24H48O4Si. The van der Waals surface area contributed by atoms with E-state index in [1.165, 1.54) is 49.9 Å². The lowest BCUT2D eigenvalue weighted by Crippen LogP contribution is -2.39. The van der Waals surface area contributed by atoms with Crippen LogP contribution in [0.5, 0.6) is 0 Å². The molecule has 0 bridgehead atoms. The molecule has 1 aliphatic heterocycles. The van der Waals surface area contributed by atoms with Gasteiger partial charge in [0.15, 0.2) is 0 Å². The van der Waals surface area contributed by atoms with E-state index in [0.717, 1.165) is 19.3 Å². The van der Waals surface area contributed by atoms with Crippen molar-refractivity contribution in [2.45, 2.75) is 142 Å². The maximum Gasteiger partial charge on any atom is 0.373 e. The lowest BCUT2D eigenvalue weighted by molar-refractivity contribution is -0.164. The fourth-order valence-electron chi connectivity index (χ4n) is 4.07. The molecule has 5 heteroatoms. The molecule has 0 aromatic heterocycles. The van der Waals surface area contributed by atoms with Crippen LogP contribution in [0.15, 0.2) is 0 Å². The fourth-order valence-corrected chi connectivity index (χ4v) is 7.77. The van der Waals surface area contributed by atoms with E-state index in [2.05, 4.69) is 41.5 Å². The molecule has 29 heavy (non-hydrogen) atoms. The first-order valence-corrected chi connectivity index (χ1v) is 14.9. The van der Waals surface area contributed by atoms with Gasteiger partial charge in [0, 0.05) is 6.42 Å². The SMILES string of the molecule is CC[Si](CC)(CC)CCC(C)(C)OC(=O)C1(CCCCCCCC(C)(C)C)OO1. The Morgan fingerprint density at radius 1 is 0.828 bits per heavy atom. The highest BCUT2D eigenvalue weighted by atomic mass is 28.3. The molecule has 0 unspecified atom stereocenters. The first kappa shape index (κ1) is 26.6. The van der Waals surface area contributed by atoms with Crippen molar-refractivity contribution in [2.75, 3.05) is 0 Å². The number of esters is 1. The molecule has 0 aromatic rings. The highest BCUT2D eigenvalue weighted by molar-refractivity contribution is 6.79. The van der Waals surface area contributed by atoms with Gasteiger partial charge >= 0.3 is 11.8 Å². The van der Waals surface area contributed by atoms with E-state index in [0.29, 0.717) is 11.8 Å². The lowest BCUT2D eigenvalue weighted by atomic mass is 9.89. The molecule has 172 valence electrons. The molecule has 0 radical (unpaired) electrons. The Kier molecular flexibility index (Phi) is 10.4. The van der Waals surface area contributed by atoms with Crippen LogP contribution in [0.25, 0.3) is 0 Å². The van der Waals surface area contributed by atoms with Crippen molar-refractivity contribution in [1.29, 1.82) is 0 Å². The summed E-state index contributed by atoms with van der Waals surface area (Å²) >= 11 is 0. The molecule has 0 saturated carbocycles. The Hall–Kier alpha value is -0.393. The van der Waals surface area contributed by atoms with Gasteiger partial charge in [-0.2, -0.15) is 9.78 Å². The fraction of sp³-hybridized carbons (Fsp3) is 0.958. The second kappa shape index (κ2) is 11.3. The number of carbonyl (C=O) groups is 1. The minimum Gasteiger partial charge on any atom is -0.456 e. The molecule has 0 spiro atoms. The number of ether oxygens (including phenoxy) is 1. The summed E-state index contributed by atoms with van der Waals surface area (Å²) < 4.78 is 5.86. The normalized spacial score (nSPS) is 16.7. The summed E-state index contributed by atoms with van der Waals surface area (Å²) in [6.45, 7) is 17.9. The van der Waals surface area contributed by atoms with E-state index in [1.54, 1.807) is 0 Å². The van der Waals surface area contributed by atoms with Crippen LogP contribution in [0.4, 0.5) is 0 Å². The third-order valence-corrected chi connectivity index (χ3v) is 12.7. The number of unbranched alkanes of at least 4 members (excludes halogenated alkanes) is 4. The third-order valence-electron chi connectivity index (χ3n) is 6.90. The van der Waals surface area contributed by atoms with Gasteiger partial charge in [-0.05, 0) is 38.5 Å². The van der Waals surface area contributed by atoms with E-state index in [1.807, 2.05) is 13.8 Å². The average Bonchev–Trinajstić information content (AvgIpc) is 3.42. The molecule has 1 rings (SSSR count). The highest BCUT2D eigenvalue weighted by Crippen LogP contribution is 2.39. The van der Waals surface area contributed by atoms with Crippen LogP contribution in [-0.4, -0.2) is 25.4 Å². The Balaban J connectivity index is 2.35. The minimum absolute atomic E-state index is 0.341. The van der Waals surface area contributed by atoms with E-state index >= 15 is 0 Å². The van der Waals surface area contributed by atoms with Crippen molar-refractivity contribution < 1.29 is 19.3 Å². The average molecular weight is 429 g/mol. The summed E-state index contributed by atoms with van der Waals surface area (Å²) in [4.78, 5) is 22.9. The standard InChI is InChI=1S/C24H48O4Si/c1-9-29(10-2,11-3)20-19-23(7,8)26-21(25)24(27-28-24)18-16-14-12-13-15-17-22(4,5)6/h9-20H2,1-8H3. The summed E-state index contributed by atoms with van der Waals surface area (Å²) in [6, 6.07) is 5.11. The van der Waals surface area contributed by atoms with Crippen molar-refractivity contribution in [1.82, 2.24) is 0 Å². The molecular weight excluding hydrogens is 380 g/mol. The van der Waals surface area contributed by atoms with Crippen LogP contribution < -0.4 is 0 Å². The zero-order valence-corrected chi connectivity index (χ0v) is 21.6. The molecule has 0 amide bonds. The second-order valence-corrected chi connectivity index (χ2v) is 16.6. The van der Waals surface area contributed by atoms with Crippen LogP contribution in [0.3, 0.4) is 0 Å². The number of carbonyl (C=O) groups excluding carboxylic acids is 1. The Morgan fingerprint density at radius 2 is 1.34 bits per heavy atom. The molecule has 0 aromatic carbocycles. The van der Waals surface area contributed by atoms with Gasteiger partial charge in [-0.15, -0.1) is 0 Å². The van der Waals surface area contributed by atoms with E-state index in [-0.39, 0.29) is 5.97 Å². The summed E-state index contributed by atoms with van der Waals surface area (Å²) in [7, 11) is -1.21. The van der Waals surface area contributed by atoms with Crippen molar-refractivity contribution in [3.05, 3.63) is 0 Å².